The van der Waals surface area contributed by atoms with Gasteiger partial charge in [-0.1, -0.05) is 64.0 Å². The van der Waals surface area contributed by atoms with E-state index in [2.05, 4.69) is 44.2 Å². The summed E-state index contributed by atoms with van der Waals surface area (Å²) in [6.45, 7) is 8.14. The molecule has 0 bridgehead atoms. The summed E-state index contributed by atoms with van der Waals surface area (Å²) in [6.07, 6.45) is 7.15. The van der Waals surface area contributed by atoms with Crippen molar-refractivity contribution in [1.82, 2.24) is 0 Å². The molecule has 0 radical (unpaired) electrons. The number of carbonyl (C=O) groups is 1. The second kappa shape index (κ2) is 9.38. The molecule has 1 aromatic carbocycles. The second-order valence-electron chi connectivity index (χ2n) is 5.38. The Balaban J connectivity index is 2.82. The van der Waals surface area contributed by atoms with Crippen LogP contribution in [0, 0.1) is 0 Å². The lowest BCUT2D eigenvalue weighted by atomic mass is 9.98. The highest BCUT2D eigenvalue weighted by molar-refractivity contribution is 5.69. The molecule has 0 heterocycles. The Morgan fingerprint density at radius 2 is 1.81 bits per heavy atom. The Kier molecular flexibility index (Phi) is 7.81. The van der Waals surface area contributed by atoms with E-state index in [9.17, 15) is 4.79 Å². The van der Waals surface area contributed by atoms with Crippen molar-refractivity contribution < 1.29 is 9.53 Å². The predicted octanol–water partition coefficient (Wildman–Crippen LogP) is 5.68. The smallest absolute Gasteiger partial charge is 0.306 e. The molecule has 0 fully saturated rings. The van der Waals surface area contributed by atoms with Gasteiger partial charge in [-0.3, -0.25) is 4.79 Å². The third kappa shape index (κ3) is 5.74. The summed E-state index contributed by atoms with van der Waals surface area (Å²) in [5.41, 5.74) is 3.75. The van der Waals surface area contributed by atoms with Gasteiger partial charge in [0.15, 0.2) is 0 Å². The first-order valence-corrected chi connectivity index (χ1v) is 8.11. The van der Waals surface area contributed by atoms with E-state index in [1.165, 1.54) is 17.6 Å². The van der Waals surface area contributed by atoms with Crippen LogP contribution in [0.1, 0.15) is 77.0 Å². The standard InChI is InChI=1S/C19H28O2/c1-5-8-10-17(9-6-2)18-13-11-16(12-14-18)15(4)21-19(20)7-3/h10-15H,5-9H2,1-4H3/b17-10+. The molecule has 1 atom stereocenters. The maximum absolute atomic E-state index is 11.3. The zero-order valence-electron chi connectivity index (χ0n) is 13.8. The van der Waals surface area contributed by atoms with Gasteiger partial charge in [0.25, 0.3) is 0 Å². The van der Waals surface area contributed by atoms with Gasteiger partial charge in [0.2, 0.25) is 0 Å². The van der Waals surface area contributed by atoms with Gasteiger partial charge in [-0.2, -0.15) is 0 Å². The molecule has 2 heteroatoms. The van der Waals surface area contributed by atoms with Gasteiger partial charge in [-0.25, -0.2) is 0 Å². The molecule has 1 unspecified atom stereocenters. The Bertz CT molecular complexity index is 457. The molecule has 0 N–H and O–H groups in total. The SMILES string of the molecule is CCC/C=C(\CCC)c1ccc(C(C)OC(=O)CC)cc1. The second-order valence-corrected chi connectivity index (χ2v) is 5.38. The van der Waals surface area contributed by atoms with E-state index in [0.29, 0.717) is 6.42 Å². The van der Waals surface area contributed by atoms with Crippen LogP contribution in [0.4, 0.5) is 0 Å². The maximum Gasteiger partial charge on any atom is 0.306 e. The first-order valence-electron chi connectivity index (χ1n) is 8.11. The van der Waals surface area contributed by atoms with E-state index in [1.807, 2.05) is 13.8 Å². The van der Waals surface area contributed by atoms with Crippen LogP contribution < -0.4 is 0 Å². The molecule has 0 aliphatic carbocycles. The summed E-state index contributed by atoms with van der Waals surface area (Å²) in [6, 6.07) is 8.42. The fourth-order valence-electron chi connectivity index (χ4n) is 2.27. The number of allylic oxidation sites excluding steroid dienone is 2. The predicted molar refractivity (Wildman–Crippen MR) is 89.0 cm³/mol. The van der Waals surface area contributed by atoms with Crippen molar-refractivity contribution in [3.63, 3.8) is 0 Å². The van der Waals surface area contributed by atoms with Gasteiger partial charge >= 0.3 is 5.97 Å². The van der Waals surface area contributed by atoms with Crippen LogP contribution >= 0.6 is 0 Å². The molecule has 2 nitrogen and oxygen atoms in total. The zero-order valence-corrected chi connectivity index (χ0v) is 13.8. The third-order valence-electron chi connectivity index (χ3n) is 3.55. The Morgan fingerprint density at radius 3 is 2.33 bits per heavy atom. The summed E-state index contributed by atoms with van der Waals surface area (Å²) in [4.78, 5) is 11.3. The molecule has 0 aliphatic heterocycles. The topological polar surface area (TPSA) is 26.3 Å². The first kappa shape index (κ1) is 17.5. The molecule has 0 spiro atoms. The molecule has 116 valence electrons. The average Bonchev–Trinajstić information content (AvgIpc) is 2.51. The number of carbonyl (C=O) groups excluding carboxylic acids is 1. The van der Waals surface area contributed by atoms with Crippen molar-refractivity contribution in [2.75, 3.05) is 0 Å². The molecule has 1 aromatic rings. The third-order valence-corrected chi connectivity index (χ3v) is 3.55. The van der Waals surface area contributed by atoms with E-state index >= 15 is 0 Å². The van der Waals surface area contributed by atoms with Crippen LogP contribution in [0.3, 0.4) is 0 Å². The molecular formula is C19H28O2. The van der Waals surface area contributed by atoms with Crippen LogP contribution in [0.15, 0.2) is 30.3 Å². The van der Waals surface area contributed by atoms with Crippen molar-refractivity contribution >= 4 is 11.5 Å². The van der Waals surface area contributed by atoms with Gasteiger partial charge in [-0.15, -0.1) is 0 Å². The molecular weight excluding hydrogens is 260 g/mol. The number of hydrogen-bond donors (Lipinski definition) is 0. The lowest BCUT2D eigenvalue weighted by molar-refractivity contribution is -0.148. The van der Waals surface area contributed by atoms with Crippen LogP contribution in [0.5, 0.6) is 0 Å². The van der Waals surface area contributed by atoms with Gasteiger partial charge in [0, 0.05) is 6.42 Å². The van der Waals surface area contributed by atoms with Gasteiger partial charge in [0.05, 0.1) is 0 Å². The molecule has 21 heavy (non-hydrogen) atoms. The minimum Gasteiger partial charge on any atom is -0.458 e. The summed E-state index contributed by atoms with van der Waals surface area (Å²) in [5.74, 6) is -0.152. The van der Waals surface area contributed by atoms with Crippen LogP contribution in [-0.4, -0.2) is 5.97 Å². The highest BCUT2D eigenvalue weighted by Gasteiger charge is 2.10. The number of ether oxygens (including phenoxy) is 1. The van der Waals surface area contributed by atoms with Crippen molar-refractivity contribution in [3.05, 3.63) is 41.5 Å². The highest BCUT2D eigenvalue weighted by atomic mass is 16.5. The van der Waals surface area contributed by atoms with Crippen LogP contribution in [0.25, 0.3) is 5.57 Å². The van der Waals surface area contributed by atoms with Gasteiger partial charge < -0.3 is 4.74 Å². The van der Waals surface area contributed by atoms with Crippen LogP contribution in [0.2, 0.25) is 0 Å². The zero-order chi connectivity index (χ0) is 15.7. The molecule has 0 saturated carbocycles. The molecule has 0 aliphatic rings. The fourth-order valence-corrected chi connectivity index (χ4v) is 2.27. The first-order chi connectivity index (χ1) is 10.1. The van der Waals surface area contributed by atoms with Crippen molar-refractivity contribution in [1.29, 1.82) is 0 Å². The van der Waals surface area contributed by atoms with Gasteiger partial charge in [-0.05, 0) is 36.5 Å². The summed E-state index contributed by atoms with van der Waals surface area (Å²) < 4.78 is 5.34. The number of esters is 1. The number of hydrogen-bond acceptors (Lipinski definition) is 2. The monoisotopic (exact) mass is 288 g/mol. The Hall–Kier alpha value is -1.57. The normalized spacial score (nSPS) is 13.0. The van der Waals surface area contributed by atoms with E-state index in [4.69, 9.17) is 4.74 Å². The fraction of sp³-hybridized carbons (Fsp3) is 0.526. The van der Waals surface area contributed by atoms with Crippen molar-refractivity contribution in [2.24, 2.45) is 0 Å². The Labute approximate surface area is 129 Å². The molecule has 1 rings (SSSR count). The number of benzene rings is 1. The lowest BCUT2D eigenvalue weighted by Gasteiger charge is -2.14. The van der Waals surface area contributed by atoms with Gasteiger partial charge in [0.1, 0.15) is 6.10 Å². The maximum atomic E-state index is 11.3. The minimum atomic E-state index is -0.180. The molecule has 0 saturated heterocycles. The largest absolute Gasteiger partial charge is 0.458 e. The van der Waals surface area contributed by atoms with E-state index < -0.39 is 0 Å². The number of rotatable bonds is 8. The average molecular weight is 288 g/mol. The summed E-state index contributed by atoms with van der Waals surface area (Å²) in [5, 5.41) is 0. The molecule has 0 amide bonds. The lowest BCUT2D eigenvalue weighted by Crippen LogP contribution is -2.07. The quantitative estimate of drug-likeness (QED) is 0.575. The number of unbranched alkanes of at least 4 members (excludes halogenated alkanes) is 1. The highest BCUT2D eigenvalue weighted by Crippen LogP contribution is 2.24. The van der Waals surface area contributed by atoms with Crippen molar-refractivity contribution in [2.45, 2.75) is 65.9 Å². The van der Waals surface area contributed by atoms with E-state index in [-0.39, 0.29) is 12.1 Å². The van der Waals surface area contributed by atoms with Crippen molar-refractivity contribution in [3.8, 4) is 0 Å². The van der Waals surface area contributed by atoms with E-state index in [1.54, 1.807) is 0 Å². The summed E-state index contributed by atoms with van der Waals surface area (Å²) >= 11 is 0. The summed E-state index contributed by atoms with van der Waals surface area (Å²) in [7, 11) is 0. The van der Waals surface area contributed by atoms with Crippen LogP contribution in [-0.2, 0) is 9.53 Å². The molecule has 0 aromatic heterocycles. The Morgan fingerprint density at radius 1 is 1.14 bits per heavy atom. The van der Waals surface area contributed by atoms with E-state index in [0.717, 1.165) is 24.8 Å². The minimum absolute atomic E-state index is 0.152.